The molecular formula is C16H13FN2O. The predicted octanol–water partition coefficient (Wildman–Crippen LogP) is 3.16. The van der Waals surface area contributed by atoms with Crippen molar-refractivity contribution >= 4 is 10.9 Å². The molecule has 0 radical (unpaired) electrons. The molecule has 1 N–H and O–H groups in total. The molecule has 3 rings (SSSR count). The number of benzene rings is 1. The molecule has 1 unspecified atom stereocenters. The van der Waals surface area contributed by atoms with Gasteiger partial charge < -0.3 is 5.11 Å². The number of para-hydroxylation sites is 1. The molecule has 1 aromatic carbocycles. The Morgan fingerprint density at radius 1 is 1.20 bits per heavy atom. The fourth-order valence-electron chi connectivity index (χ4n) is 2.28. The number of hydrogen-bond donors (Lipinski definition) is 1. The van der Waals surface area contributed by atoms with E-state index in [1.165, 1.54) is 12.3 Å². The standard InChI is InChI=1S/C16H13FN2O/c1-10-8-15(19-14-5-3-2-4-11(10)14)16(20)12-6-7-18-9-13(12)17/h2-9,16,20H,1H3. The Bertz CT molecular complexity index is 773. The summed E-state index contributed by atoms with van der Waals surface area (Å²) in [6.45, 7) is 1.95. The Labute approximate surface area is 115 Å². The van der Waals surface area contributed by atoms with Crippen LogP contribution >= 0.6 is 0 Å². The van der Waals surface area contributed by atoms with Gasteiger partial charge in [-0.05, 0) is 30.7 Å². The zero-order chi connectivity index (χ0) is 14.1. The molecule has 0 bridgehead atoms. The summed E-state index contributed by atoms with van der Waals surface area (Å²) in [5.41, 5.74) is 2.41. The summed E-state index contributed by atoms with van der Waals surface area (Å²) in [6.07, 6.45) is 1.45. The van der Waals surface area contributed by atoms with Crippen LogP contribution in [0, 0.1) is 12.7 Å². The van der Waals surface area contributed by atoms with E-state index in [-0.39, 0.29) is 5.56 Å². The number of aryl methyl sites for hydroxylation is 1. The van der Waals surface area contributed by atoms with E-state index in [0.29, 0.717) is 5.69 Å². The van der Waals surface area contributed by atoms with E-state index in [0.717, 1.165) is 22.7 Å². The van der Waals surface area contributed by atoms with Gasteiger partial charge in [-0.15, -0.1) is 0 Å². The van der Waals surface area contributed by atoms with Crippen molar-refractivity contribution < 1.29 is 9.50 Å². The van der Waals surface area contributed by atoms with E-state index in [4.69, 9.17) is 0 Å². The van der Waals surface area contributed by atoms with Crippen molar-refractivity contribution in [2.75, 3.05) is 0 Å². The van der Waals surface area contributed by atoms with Crippen molar-refractivity contribution in [1.82, 2.24) is 9.97 Å². The second kappa shape index (κ2) is 4.98. The number of aliphatic hydroxyl groups is 1. The van der Waals surface area contributed by atoms with Crippen LogP contribution in [0.15, 0.2) is 48.8 Å². The molecule has 0 aliphatic heterocycles. The van der Waals surface area contributed by atoms with Crippen LogP contribution in [0.3, 0.4) is 0 Å². The molecule has 20 heavy (non-hydrogen) atoms. The van der Waals surface area contributed by atoms with Gasteiger partial charge in [-0.1, -0.05) is 18.2 Å². The van der Waals surface area contributed by atoms with Crippen LogP contribution in [0.25, 0.3) is 10.9 Å². The summed E-state index contributed by atoms with van der Waals surface area (Å²) >= 11 is 0. The van der Waals surface area contributed by atoms with Crippen molar-refractivity contribution in [3.8, 4) is 0 Å². The molecule has 3 aromatic rings. The molecule has 0 fully saturated rings. The molecule has 0 aliphatic carbocycles. The van der Waals surface area contributed by atoms with Crippen LogP contribution in [-0.2, 0) is 0 Å². The monoisotopic (exact) mass is 268 g/mol. The zero-order valence-corrected chi connectivity index (χ0v) is 10.9. The van der Waals surface area contributed by atoms with Crippen molar-refractivity contribution in [1.29, 1.82) is 0 Å². The van der Waals surface area contributed by atoms with Gasteiger partial charge in [0.2, 0.25) is 0 Å². The van der Waals surface area contributed by atoms with Gasteiger partial charge in [0.1, 0.15) is 11.9 Å². The lowest BCUT2D eigenvalue weighted by Gasteiger charge is -2.13. The van der Waals surface area contributed by atoms with E-state index >= 15 is 0 Å². The Kier molecular flexibility index (Phi) is 3.16. The van der Waals surface area contributed by atoms with Gasteiger partial charge in [0, 0.05) is 17.1 Å². The molecular weight excluding hydrogens is 255 g/mol. The molecule has 2 heterocycles. The van der Waals surface area contributed by atoms with E-state index in [2.05, 4.69) is 9.97 Å². The molecule has 0 saturated heterocycles. The maximum Gasteiger partial charge on any atom is 0.147 e. The fraction of sp³-hybridized carbons (Fsp3) is 0.125. The van der Waals surface area contributed by atoms with E-state index in [1.807, 2.05) is 31.2 Å². The SMILES string of the molecule is Cc1cc(C(O)c2ccncc2F)nc2ccccc12. The number of fused-ring (bicyclic) bond motifs is 1. The van der Waals surface area contributed by atoms with Crippen LogP contribution in [0.2, 0.25) is 0 Å². The number of pyridine rings is 2. The fourth-order valence-corrected chi connectivity index (χ4v) is 2.28. The van der Waals surface area contributed by atoms with Gasteiger partial charge >= 0.3 is 0 Å². The predicted molar refractivity (Wildman–Crippen MR) is 74.7 cm³/mol. The summed E-state index contributed by atoms with van der Waals surface area (Å²) in [7, 11) is 0. The highest BCUT2D eigenvalue weighted by molar-refractivity contribution is 5.82. The minimum atomic E-state index is -1.10. The maximum absolute atomic E-state index is 13.7. The van der Waals surface area contributed by atoms with Crippen LogP contribution in [0.4, 0.5) is 4.39 Å². The first-order valence-corrected chi connectivity index (χ1v) is 6.30. The normalized spacial score (nSPS) is 12.6. The highest BCUT2D eigenvalue weighted by atomic mass is 19.1. The number of hydrogen-bond acceptors (Lipinski definition) is 3. The number of nitrogens with zero attached hydrogens (tertiary/aromatic N) is 2. The molecule has 0 spiro atoms. The van der Waals surface area contributed by atoms with Crippen molar-refractivity contribution in [3.05, 3.63) is 71.4 Å². The Balaban J connectivity index is 2.13. The number of rotatable bonds is 2. The summed E-state index contributed by atoms with van der Waals surface area (Å²) in [5, 5.41) is 11.4. The Morgan fingerprint density at radius 2 is 2.00 bits per heavy atom. The lowest BCUT2D eigenvalue weighted by molar-refractivity contribution is 0.210. The second-order valence-electron chi connectivity index (χ2n) is 4.68. The van der Waals surface area contributed by atoms with Gasteiger partial charge in [-0.25, -0.2) is 9.37 Å². The molecule has 0 amide bonds. The number of aliphatic hydroxyl groups excluding tert-OH is 1. The third-order valence-electron chi connectivity index (χ3n) is 3.32. The summed E-state index contributed by atoms with van der Waals surface area (Å²) in [6, 6.07) is 10.9. The van der Waals surface area contributed by atoms with E-state index in [1.54, 1.807) is 6.07 Å². The van der Waals surface area contributed by atoms with Crippen molar-refractivity contribution in [2.24, 2.45) is 0 Å². The zero-order valence-electron chi connectivity index (χ0n) is 10.9. The molecule has 100 valence electrons. The van der Waals surface area contributed by atoms with Crippen molar-refractivity contribution in [3.63, 3.8) is 0 Å². The first-order valence-electron chi connectivity index (χ1n) is 6.30. The average molecular weight is 268 g/mol. The van der Waals surface area contributed by atoms with Crippen molar-refractivity contribution in [2.45, 2.75) is 13.0 Å². The van der Waals surface area contributed by atoms with Gasteiger partial charge in [-0.2, -0.15) is 0 Å². The van der Waals surface area contributed by atoms with Gasteiger partial charge in [0.05, 0.1) is 17.4 Å². The largest absolute Gasteiger partial charge is 0.382 e. The highest BCUT2D eigenvalue weighted by Crippen LogP contribution is 2.26. The quantitative estimate of drug-likeness (QED) is 0.776. The third-order valence-corrected chi connectivity index (χ3v) is 3.32. The summed E-state index contributed by atoms with van der Waals surface area (Å²) < 4.78 is 13.7. The van der Waals surface area contributed by atoms with Crippen LogP contribution in [-0.4, -0.2) is 15.1 Å². The molecule has 1 atom stereocenters. The molecule has 0 saturated carbocycles. The Morgan fingerprint density at radius 3 is 2.80 bits per heavy atom. The third kappa shape index (κ3) is 2.14. The smallest absolute Gasteiger partial charge is 0.147 e. The van der Waals surface area contributed by atoms with E-state index < -0.39 is 11.9 Å². The number of aromatic nitrogens is 2. The molecule has 4 heteroatoms. The van der Waals surface area contributed by atoms with Crippen LogP contribution in [0.1, 0.15) is 22.9 Å². The lowest BCUT2D eigenvalue weighted by Crippen LogP contribution is -2.06. The van der Waals surface area contributed by atoms with Gasteiger partial charge in [-0.3, -0.25) is 4.98 Å². The van der Waals surface area contributed by atoms with E-state index in [9.17, 15) is 9.50 Å². The average Bonchev–Trinajstić information content (AvgIpc) is 2.47. The minimum Gasteiger partial charge on any atom is -0.382 e. The van der Waals surface area contributed by atoms with Crippen LogP contribution in [0.5, 0.6) is 0 Å². The first-order chi connectivity index (χ1) is 9.66. The lowest BCUT2D eigenvalue weighted by atomic mass is 10.0. The molecule has 3 nitrogen and oxygen atoms in total. The summed E-state index contributed by atoms with van der Waals surface area (Å²) in [4.78, 5) is 8.10. The Hall–Kier alpha value is -2.33. The van der Waals surface area contributed by atoms with Crippen LogP contribution < -0.4 is 0 Å². The van der Waals surface area contributed by atoms with Gasteiger partial charge in [0.25, 0.3) is 0 Å². The minimum absolute atomic E-state index is 0.183. The molecule has 2 aromatic heterocycles. The molecule has 0 aliphatic rings. The summed E-state index contributed by atoms with van der Waals surface area (Å²) in [5.74, 6) is -0.535. The topological polar surface area (TPSA) is 46.0 Å². The maximum atomic E-state index is 13.7. The number of halogens is 1. The first kappa shape index (κ1) is 12.7. The highest BCUT2D eigenvalue weighted by Gasteiger charge is 2.17. The second-order valence-corrected chi connectivity index (χ2v) is 4.68. The van der Waals surface area contributed by atoms with Gasteiger partial charge in [0.15, 0.2) is 0 Å².